The van der Waals surface area contributed by atoms with Gasteiger partial charge in [-0.05, 0) is 25.3 Å². The lowest BCUT2D eigenvalue weighted by Gasteiger charge is -2.29. The maximum atomic E-state index is 13.7. The van der Waals surface area contributed by atoms with E-state index in [4.69, 9.17) is 5.73 Å². The Morgan fingerprint density at radius 3 is 2.55 bits per heavy atom. The van der Waals surface area contributed by atoms with Crippen molar-refractivity contribution in [2.45, 2.75) is 50.9 Å². The summed E-state index contributed by atoms with van der Waals surface area (Å²) in [4.78, 5) is 28.7. The molecule has 0 aliphatic heterocycles. The highest BCUT2D eigenvalue weighted by molar-refractivity contribution is 5.95. The van der Waals surface area contributed by atoms with Crippen molar-refractivity contribution in [1.82, 2.24) is 19.9 Å². The third kappa shape index (κ3) is 3.83. The third-order valence-corrected chi connectivity index (χ3v) is 5.67. The predicted molar refractivity (Wildman–Crippen MR) is 109 cm³/mol. The van der Waals surface area contributed by atoms with Crippen LogP contribution in [-0.2, 0) is 6.18 Å². The molecule has 0 radical (unpaired) electrons. The molecular weight excluding hydrogens is 411 g/mol. The molecule has 0 unspecified atom stereocenters. The minimum Gasteiger partial charge on any atom is -0.348 e. The number of benzene rings is 1. The van der Waals surface area contributed by atoms with Crippen LogP contribution in [0.1, 0.15) is 47.4 Å². The lowest BCUT2D eigenvalue weighted by atomic mass is 9.91. The zero-order chi connectivity index (χ0) is 22.3. The smallest absolute Gasteiger partial charge is 0.348 e. The zero-order valence-corrected chi connectivity index (χ0v) is 16.8. The molecule has 1 fully saturated rings. The van der Waals surface area contributed by atoms with Crippen molar-refractivity contribution in [2.75, 3.05) is 0 Å². The standard InChI is InChI=1S/C21H22F3N5O2/c1-11-15(19(30)27-14-10-6-5-9-13(14)25)20(31)29-18(26-11)16(12-7-3-2-4-8-12)17(28-29)21(22,23)24/h2-4,7-8,13-14,26H,5-6,9-10,25H2,1H3,(H,27,30)/t13-,14-/m1/s1. The fourth-order valence-corrected chi connectivity index (χ4v) is 4.11. The van der Waals surface area contributed by atoms with Crippen molar-refractivity contribution in [2.24, 2.45) is 5.73 Å². The molecule has 10 heteroatoms. The normalized spacial score (nSPS) is 19.5. The first-order valence-corrected chi connectivity index (χ1v) is 10.0. The number of carbonyl (C=O) groups is 1. The lowest BCUT2D eigenvalue weighted by Crippen LogP contribution is -2.50. The average molecular weight is 433 g/mol. The fraction of sp³-hybridized carbons (Fsp3) is 0.381. The van der Waals surface area contributed by atoms with Crippen molar-refractivity contribution in [3.05, 3.63) is 57.6 Å². The summed E-state index contributed by atoms with van der Waals surface area (Å²) in [6, 6.07) is 7.36. The molecular formula is C21H22F3N5O2. The van der Waals surface area contributed by atoms with Gasteiger partial charge in [0.2, 0.25) is 0 Å². The van der Waals surface area contributed by atoms with E-state index in [0.29, 0.717) is 10.9 Å². The first-order chi connectivity index (χ1) is 14.7. The molecule has 0 saturated heterocycles. The zero-order valence-electron chi connectivity index (χ0n) is 16.8. The maximum Gasteiger partial charge on any atom is 0.435 e. The van der Waals surface area contributed by atoms with Crippen LogP contribution < -0.4 is 16.6 Å². The molecule has 1 amide bonds. The summed E-state index contributed by atoms with van der Waals surface area (Å²) in [6.45, 7) is 1.48. The summed E-state index contributed by atoms with van der Waals surface area (Å²) in [5, 5.41) is 6.32. The van der Waals surface area contributed by atoms with Gasteiger partial charge in [-0.2, -0.15) is 22.8 Å². The van der Waals surface area contributed by atoms with E-state index < -0.39 is 23.3 Å². The number of nitrogens with one attached hydrogen (secondary N) is 2. The number of hydrogen-bond donors (Lipinski definition) is 3. The number of aromatic nitrogens is 3. The number of amides is 1. The number of rotatable bonds is 3. The van der Waals surface area contributed by atoms with Crippen molar-refractivity contribution in [1.29, 1.82) is 0 Å². The van der Waals surface area contributed by atoms with Gasteiger partial charge in [-0.25, -0.2) is 0 Å². The Labute approximate surface area is 175 Å². The van der Waals surface area contributed by atoms with Crippen LogP contribution in [0.15, 0.2) is 35.1 Å². The van der Waals surface area contributed by atoms with E-state index in [1.54, 1.807) is 18.2 Å². The second kappa shape index (κ2) is 7.84. The molecule has 7 nitrogen and oxygen atoms in total. The van der Waals surface area contributed by atoms with Gasteiger partial charge in [-0.3, -0.25) is 9.59 Å². The number of H-pyrrole nitrogens is 1. The van der Waals surface area contributed by atoms with Gasteiger partial charge in [0.25, 0.3) is 11.5 Å². The molecule has 1 aromatic carbocycles. The predicted octanol–water partition coefficient (Wildman–Crippen LogP) is 3.02. The molecule has 2 atom stereocenters. The highest BCUT2D eigenvalue weighted by Gasteiger charge is 2.39. The minimum absolute atomic E-state index is 0.119. The minimum atomic E-state index is -4.79. The number of alkyl halides is 3. The number of hydrogen-bond acceptors (Lipinski definition) is 4. The summed E-state index contributed by atoms with van der Waals surface area (Å²) >= 11 is 0. The van der Waals surface area contributed by atoms with Crippen molar-refractivity contribution in [3.63, 3.8) is 0 Å². The Bertz CT molecular complexity index is 1180. The molecule has 31 heavy (non-hydrogen) atoms. The van der Waals surface area contributed by atoms with Gasteiger partial charge >= 0.3 is 6.18 Å². The highest BCUT2D eigenvalue weighted by atomic mass is 19.4. The van der Waals surface area contributed by atoms with Gasteiger partial charge in [0, 0.05) is 17.8 Å². The number of aromatic amines is 1. The SMILES string of the molecule is Cc1[nH]c2c(-c3ccccc3)c(C(F)(F)F)nn2c(=O)c1C(=O)N[C@@H]1CCCC[C@H]1N. The topological polar surface area (TPSA) is 105 Å². The number of fused-ring (bicyclic) bond motifs is 1. The number of halogens is 3. The second-order valence-corrected chi connectivity index (χ2v) is 7.81. The van der Waals surface area contributed by atoms with Gasteiger partial charge in [-0.15, -0.1) is 0 Å². The molecule has 2 aromatic heterocycles. The summed E-state index contributed by atoms with van der Waals surface area (Å²) in [5.74, 6) is -0.673. The molecule has 1 saturated carbocycles. The van der Waals surface area contributed by atoms with E-state index in [-0.39, 0.29) is 40.1 Å². The number of carbonyl (C=O) groups excluding carboxylic acids is 1. The summed E-state index contributed by atoms with van der Waals surface area (Å²) in [6.07, 6.45) is -1.47. The number of nitrogens with zero attached hydrogens (tertiary/aromatic N) is 2. The van der Waals surface area contributed by atoms with E-state index >= 15 is 0 Å². The Morgan fingerprint density at radius 2 is 1.90 bits per heavy atom. The Hall–Kier alpha value is -3.14. The van der Waals surface area contributed by atoms with Crippen LogP contribution in [0, 0.1) is 6.92 Å². The Kier molecular flexibility index (Phi) is 5.34. The largest absolute Gasteiger partial charge is 0.435 e. The highest BCUT2D eigenvalue weighted by Crippen LogP contribution is 2.38. The van der Waals surface area contributed by atoms with E-state index in [1.807, 2.05) is 0 Å². The molecule has 3 aromatic rings. The van der Waals surface area contributed by atoms with E-state index in [2.05, 4.69) is 15.4 Å². The maximum absolute atomic E-state index is 13.7. The van der Waals surface area contributed by atoms with E-state index in [9.17, 15) is 22.8 Å². The first-order valence-electron chi connectivity index (χ1n) is 10.0. The fourth-order valence-electron chi connectivity index (χ4n) is 4.11. The summed E-state index contributed by atoms with van der Waals surface area (Å²) < 4.78 is 41.8. The van der Waals surface area contributed by atoms with Gasteiger partial charge in [0.05, 0.1) is 5.56 Å². The van der Waals surface area contributed by atoms with Crippen LogP contribution >= 0.6 is 0 Å². The molecule has 164 valence electrons. The molecule has 1 aliphatic carbocycles. The number of aryl methyl sites for hydroxylation is 1. The van der Waals surface area contributed by atoms with Crippen molar-refractivity contribution in [3.8, 4) is 11.1 Å². The van der Waals surface area contributed by atoms with Gasteiger partial charge < -0.3 is 16.0 Å². The van der Waals surface area contributed by atoms with Crippen LogP contribution in [0.5, 0.6) is 0 Å². The van der Waals surface area contributed by atoms with Crippen LogP contribution in [0.4, 0.5) is 13.2 Å². The molecule has 4 rings (SSSR count). The molecule has 4 N–H and O–H groups in total. The molecule has 1 aliphatic rings. The lowest BCUT2D eigenvalue weighted by molar-refractivity contribution is -0.140. The molecule has 0 spiro atoms. The third-order valence-electron chi connectivity index (χ3n) is 5.67. The van der Waals surface area contributed by atoms with Crippen LogP contribution in [0.2, 0.25) is 0 Å². The first kappa shape index (κ1) is 21.1. The van der Waals surface area contributed by atoms with Crippen molar-refractivity contribution < 1.29 is 18.0 Å². The quantitative estimate of drug-likeness (QED) is 0.590. The van der Waals surface area contributed by atoms with Crippen LogP contribution in [0.3, 0.4) is 0 Å². The van der Waals surface area contributed by atoms with Crippen molar-refractivity contribution >= 4 is 11.6 Å². The van der Waals surface area contributed by atoms with Gasteiger partial charge in [-0.1, -0.05) is 43.2 Å². The Morgan fingerprint density at radius 1 is 1.23 bits per heavy atom. The van der Waals surface area contributed by atoms with Gasteiger partial charge in [0.1, 0.15) is 11.2 Å². The monoisotopic (exact) mass is 433 g/mol. The van der Waals surface area contributed by atoms with Gasteiger partial charge in [0.15, 0.2) is 5.69 Å². The summed E-state index contributed by atoms with van der Waals surface area (Å²) in [7, 11) is 0. The van der Waals surface area contributed by atoms with E-state index in [1.165, 1.54) is 19.1 Å². The van der Waals surface area contributed by atoms with Crippen LogP contribution in [-0.4, -0.2) is 32.6 Å². The second-order valence-electron chi connectivity index (χ2n) is 7.81. The Balaban J connectivity index is 1.86. The summed E-state index contributed by atoms with van der Waals surface area (Å²) in [5.41, 5.74) is 3.73. The molecule has 0 bridgehead atoms. The van der Waals surface area contributed by atoms with E-state index in [0.717, 1.165) is 19.3 Å². The number of nitrogens with two attached hydrogens (primary N) is 1. The average Bonchev–Trinajstić information content (AvgIpc) is 3.10. The van der Waals surface area contributed by atoms with Crippen LogP contribution in [0.25, 0.3) is 16.8 Å². The molecule has 2 heterocycles.